The average molecular weight is 444 g/mol. The highest BCUT2D eigenvalue weighted by Crippen LogP contribution is 2.29. The lowest BCUT2D eigenvalue weighted by Crippen LogP contribution is -2.47. The minimum absolute atomic E-state index is 0.0896. The van der Waals surface area contributed by atoms with E-state index in [4.69, 9.17) is 18.9 Å². The SMILES string of the molecule is CCCCOC(CCCCC(=O)N[C@H](COC(C)=O)C(C)(C)C)[C@@H]1OC(C)(C)OC1=O. The van der Waals surface area contributed by atoms with Crippen LogP contribution in [0.2, 0.25) is 0 Å². The van der Waals surface area contributed by atoms with Gasteiger partial charge in [0.2, 0.25) is 11.7 Å². The molecule has 1 aliphatic rings. The summed E-state index contributed by atoms with van der Waals surface area (Å²) in [4.78, 5) is 35.7. The second-order valence-electron chi connectivity index (χ2n) is 9.66. The van der Waals surface area contributed by atoms with E-state index in [1.165, 1.54) is 6.92 Å². The topological polar surface area (TPSA) is 100 Å². The molecule has 0 bridgehead atoms. The van der Waals surface area contributed by atoms with Crippen LogP contribution in [0.4, 0.5) is 0 Å². The quantitative estimate of drug-likeness (QED) is 0.343. The van der Waals surface area contributed by atoms with Crippen molar-refractivity contribution in [2.75, 3.05) is 13.2 Å². The Kier molecular flexibility index (Phi) is 10.9. The second kappa shape index (κ2) is 12.4. The maximum absolute atomic E-state index is 12.4. The van der Waals surface area contributed by atoms with Crippen LogP contribution in [0.25, 0.3) is 0 Å². The van der Waals surface area contributed by atoms with Crippen LogP contribution >= 0.6 is 0 Å². The number of ether oxygens (including phenoxy) is 4. The van der Waals surface area contributed by atoms with Crippen molar-refractivity contribution in [1.82, 2.24) is 5.32 Å². The lowest BCUT2D eigenvalue weighted by molar-refractivity contribution is -0.164. The molecule has 1 rings (SSSR count). The van der Waals surface area contributed by atoms with E-state index in [1.54, 1.807) is 13.8 Å². The molecule has 0 radical (unpaired) electrons. The van der Waals surface area contributed by atoms with Gasteiger partial charge in [-0.05, 0) is 24.7 Å². The first kappa shape index (κ1) is 27.4. The maximum atomic E-state index is 12.4. The molecule has 0 aromatic carbocycles. The van der Waals surface area contributed by atoms with Gasteiger partial charge in [-0.1, -0.05) is 40.5 Å². The summed E-state index contributed by atoms with van der Waals surface area (Å²) in [6, 6.07) is -0.266. The van der Waals surface area contributed by atoms with E-state index in [9.17, 15) is 14.4 Å². The summed E-state index contributed by atoms with van der Waals surface area (Å²) < 4.78 is 22.0. The first-order valence-corrected chi connectivity index (χ1v) is 11.3. The predicted molar refractivity (Wildman–Crippen MR) is 116 cm³/mol. The van der Waals surface area contributed by atoms with Crippen LogP contribution in [0, 0.1) is 5.41 Å². The van der Waals surface area contributed by atoms with Crippen LogP contribution in [0.3, 0.4) is 0 Å². The Labute approximate surface area is 186 Å². The molecule has 1 unspecified atom stereocenters. The second-order valence-corrected chi connectivity index (χ2v) is 9.66. The number of unbranched alkanes of at least 4 members (excludes halogenated alkanes) is 2. The van der Waals surface area contributed by atoms with Gasteiger partial charge in [-0.3, -0.25) is 9.59 Å². The Morgan fingerprint density at radius 1 is 1.19 bits per heavy atom. The van der Waals surface area contributed by atoms with Gasteiger partial charge in [0.15, 0.2) is 6.10 Å². The van der Waals surface area contributed by atoms with E-state index in [0.717, 1.165) is 12.8 Å². The summed E-state index contributed by atoms with van der Waals surface area (Å²) in [6.45, 7) is 13.5. The highest BCUT2D eigenvalue weighted by Gasteiger charge is 2.45. The minimum atomic E-state index is -0.947. The number of hydrogen-bond acceptors (Lipinski definition) is 7. The van der Waals surface area contributed by atoms with Crippen molar-refractivity contribution in [3.8, 4) is 0 Å². The molecule has 3 atom stereocenters. The van der Waals surface area contributed by atoms with Gasteiger partial charge in [0.1, 0.15) is 6.61 Å². The molecule has 0 aliphatic carbocycles. The number of cyclic esters (lactones) is 1. The minimum Gasteiger partial charge on any atom is -0.464 e. The number of carbonyl (C=O) groups is 3. The third-order valence-corrected chi connectivity index (χ3v) is 5.13. The van der Waals surface area contributed by atoms with Crippen molar-refractivity contribution in [1.29, 1.82) is 0 Å². The first-order valence-electron chi connectivity index (χ1n) is 11.3. The molecule has 1 heterocycles. The standard InChI is InChI=1S/C23H41NO7/c1-8-9-14-28-17(20-21(27)31-23(6,7)30-20)12-10-11-13-19(26)24-18(22(3,4)5)15-29-16(2)25/h17-18,20H,8-15H2,1-7H3,(H,24,26)/t17?,18-,20+/m1/s1. The average Bonchev–Trinajstić information content (AvgIpc) is 2.91. The lowest BCUT2D eigenvalue weighted by atomic mass is 9.87. The molecular formula is C23H41NO7. The van der Waals surface area contributed by atoms with Crippen molar-refractivity contribution >= 4 is 17.8 Å². The molecule has 1 amide bonds. The third-order valence-electron chi connectivity index (χ3n) is 5.13. The highest BCUT2D eigenvalue weighted by atomic mass is 16.8. The van der Waals surface area contributed by atoms with Crippen LogP contribution in [0.1, 0.15) is 87.0 Å². The summed E-state index contributed by atoms with van der Waals surface area (Å²) in [6.07, 6.45) is 3.07. The van der Waals surface area contributed by atoms with Gasteiger partial charge in [-0.2, -0.15) is 0 Å². The molecule has 0 saturated carbocycles. The molecule has 8 nitrogen and oxygen atoms in total. The zero-order valence-electron chi connectivity index (χ0n) is 20.2. The van der Waals surface area contributed by atoms with E-state index in [-0.39, 0.29) is 29.9 Å². The van der Waals surface area contributed by atoms with Gasteiger partial charge < -0.3 is 24.3 Å². The van der Waals surface area contributed by atoms with Crippen molar-refractivity contribution in [2.24, 2.45) is 5.41 Å². The van der Waals surface area contributed by atoms with Gasteiger partial charge in [-0.15, -0.1) is 0 Å². The molecule has 1 fully saturated rings. The van der Waals surface area contributed by atoms with Gasteiger partial charge in [0, 0.05) is 33.8 Å². The Bertz CT molecular complexity index is 597. The number of esters is 2. The van der Waals surface area contributed by atoms with Gasteiger partial charge in [-0.25, -0.2) is 4.79 Å². The van der Waals surface area contributed by atoms with E-state index >= 15 is 0 Å². The summed E-state index contributed by atoms with van der Waals surface area (Å²) in [5.74, 6) is -1.80. The van der Waals surface area contributed by atoms with Crippen LogP contribution in [0.5, 0.6) is 0 Å². The third kappa shape index (κ3) is 10.5. The monoisotopic (exact) mass is 443 g/mol. The molecule has 1 N–H and O–H groups in total. The molecule has 1 aliphatic heterocycles. The Morgan fingerprint density at radius 3 is 2.39 bits per heavy atom. The lowest BCUT2D eigenvalue weighted by Gasteiger charge is -2.31. The molecule has 31 heavy (non-hydrogen) atoms. The van der Waals surface area contributed by atoms with Gasteiger partial charge >= 0.3 is 11.9 Å². The first-order chi connectivity index (χ1) is 14.4. The predicted octanol–water partition coefficient (Wildman–Crippen LogP) is 3.50. The zero-order valence-corrected chi connectivity index (χ0v) is 20.2. The summed E-state index contributed by atoms with van der Waals surface area (Å²) >= 11 is 0. The molecule has 0 aromatic heterocycles. The van der Waals surface area contributed by atoms with Crippen LogP contribution in [-0.4, -0.2) is 55.1 Å². The molecule has 0 spiro atoms. The molecular weight excluding hydrogens is 402 g/mol. The maximum Gasteiger partial charge on any atom is 0.340 e. The molecule has 1 saturated heterocycles. The fraction of sp³-hybridized carbons (Fsp3) is 0.870. The fourth-order valence-electron chi connectivity index (χ4n) is 3.21. The molecule has 180 valence electrons. The van der Waals surface area contributed by atoms with E-state index < -0.39 is 24.0 Å². The number of rotatable bonds is 13. The van der Waals surface area contributed by atoms with E-state index in [0.29, 0.717) is 32.3 Å². The summed E-state index contributed by atoms with van der Waals surface area (Å²) in [5, 5.41) is 2.97. The summed E-state index contributed by atoms with van der Waals surface area (Å²) in [5.41, 5.74) is -0.240. The fourth-order valence-corrected chi connectivity index (χ4v) is 3.21. The van der Waals surface area contributed by atoms with Crippen LogP contribution < -0.4 is 5.32 Å². The van der Waals surface area contributed by atoms with Gasteiger partial charge in [0.25, 0.3) is 0 Å². The van der Waals surface area contributed by atoms with E-state index in [1.807, 2.05) is 20.8 Å². The van der Waals surface area contributed by atoms with Crippen LogP contribution in [-0.2, 0) is 33.3 Å². The smallest absolute Gasteiger partial charge is 0.340 e. The number of hydrogen-bond donors (Lipinski definition) is 1. The Balaban J connectivity index is 2.52. The van der Waals surface area contributed by atoms with Gasteiger partial charge in [0.05, 0.1) is 12.1 Å². The highest BCUT2D eigenvalue weighted by molar-refractivity contribution is 5.77. The Hall–Kier alpha value is -1.67. The van der Waals surface area contributed by atoms with Crippen LogP contribution in [0.15, 0.2) is 0 Å². The summed E-state index contributed by atoms with van der Waals surface area (Å²) in [7, 11) is 0. The number of carbonyl (C=O) groups excluding carboxylic acids is 3. The molecule has 0 aromatic rings. The van der Waals surface area contributed by atoms with E-state index in [2.05, 4.69) is 12.2 Å². The van der Waals surface area contributed by atoms with Crippen molar-refractivity contribution in [3.05, 3.63) is 0 Å². The number of amides is 1. The Morgan fingerprint density at radius 2 is 1.87 bits per heavy atom. The largest absolute Gasteiger partial charge is 0.464 e. The normalized spacial score (nSPS) is 20.1. The van der Waals surface area contributed by atoms with Crippen molar-refractivity contribution in [2.45, 2.75) is 111 Å². The number of nitrogens with one attached hydrogen (secondary N) is 1. The van der Waals surface area contributed by atoms with Crippen molar-refractivity contribution in [3.63, 3.8) is 0 Å². The molecule has 8 heteroatoms. The van der Waals surface area contributed by atoms with Crippen molar-refractivity contribution < 1.29 is 33.3 Å². The zero-order chi connectivity index (χ0) is 23.7.